The molecule has 0 radical (unpaired) electrons. The number of carboxylic acid groups (broad SMARTS) is 2. The van der Waals surface area contributed by atoms with Crippen LogP contribution in [-0.2, 0) is 9.59 Å². The largest absolute Gasteiger partial charge is 0.479 e. The number of carboxylic acids is 2. The van der Waals surface area contributed by atoms with E-state index in [4.69, 9.17) is 31.9 Å². The highest BCUT2D eigenvalue weighted by molar-refractivity contribution is 5.82. The zero-order valence-electron chi connectivity index (χ0n) is 7.33. The molecule has 0 saturated carbocycles. The SMILES string of the molecule is NCCN.O=C(O)C(O)C(O)C(=O)O. The Kier molecular flexibility index (Phi) is 9.14. The maximum Gasteiger partial charge on any atom is 0.335 e. The van der Waals surface area contributed by atoms with E-state index in [9.17, 15) is 9.59 Å². The van der Waals surface area contributed by atoms with Gasteiger partial charge in [-0.05, 0) is 0 Å². The molecule has 14 heavy (non-hydrogen) atoms. The molecule has 84 valence electrons. The minimum atomic E-state index is -2.27. The average molecular weight is 210 g/mol. The Balaban J connectivity index is 0. The maximum absolute atomic E-state index is 9.77. The lowest BCUT2D eigenvalue weighted by molar-refractivity contribution is -0.165. The van der Waals surface area contributed by atoms with Crippen molar-refractivity contribution in [3.05, 3.63) is 0 Å². The molecule has 8 nitrogen and oxygen atoms in total. The first-order valence-corrected chi connectivity index (χ1v) is 3.60. The fourth-order valence-corrected chi connectivity index (χ4v) is 0.270. The zero-order valence-corrected chi connectivity index (χ0v) is 7.33. The molecule has 0 saturated heterocycles. The van der Waals surface area contributed by atoms with Crippen molar-refractivity contribution in [1.29, 1.82) is 0 Å². The fourth-order valence-electron chi connectivity index (χ4n) is 0.270. The first-order chi connectivity index (χ1) is 6.38. The van der Waals surface area contributed by atoms with Crippen molar-refractivity contribution in [2.45, 2.75) is 12.2 Å². The summed E-state index contributed by atoms with van der Waals surface area (Å²) in [5, 5.41) is 32.5. The fraction of sp³-hybridized carbons (Fsp3) is 0.667. The summed E-state index contributed by atoms with van der Waals surface area (Å²) in [5.41, 5.74) is 9.81. The topological polar surface area (TPSA) is 167 Å². The zero-order chi connectivity index (χ0) is 11.7. The van der Waals surface area contributed by atoms with Crippen LogP contribution in [0.3, 0.4) is 0 Å². The summed E-state index contributed by atoms with van der Waals surface area (Å²) in [5.74, 6) is -3.54. The van der Waals surface area contributed by atoms with E-state index in [1.165, 1.54) is 0 Å². The van der Waals surface area contributed by atoms with Crippen LogP contribution in [0.4, 0.5) is 0 Å². The van der Waals surface area contributed by atoms with Gasteiger partial charge in [-0.15, -0.1) is 0 Å². The molecular weight excluding hydrogens is 196 g/mol. The van der Waals surface area contributed by atoms with Crippen molar-refractivity contribution in [1.82, 2.24) is 0 Å². The molecule has 0 amide bonds. The van der Waals surface area contributed by atoms with Gasteiger partial charge in [0.05, 0.1) is 0 Å². The second-order valence-electron chi connectivity index (χ2n) is 2.14. The minimum absolute atomic E-state index is 0.597. The number of hydrogen-bond acceptors (Lipinski definition) is 6. The summed E-state index contributed by atoms with van der Waals surface area (Å²) in [7, 11) is 0. The van der Waals surface area contributed by atoms with Crippen molar-refractivity contribution in [2.24, 2.45) is 11.5 Å². The van der Waals surface area contributed by atoms with E-state index in [0.29, 0.717) is 13.1 Å². The Hall–Kier alpha value is -1.22. The van der Waals surface area contributed by atoms with Crippen LogP contribution in [0.5, 0.6) is 0 Å². The summed E-state index contributed by atoms with van der Waals surface area (Å²) < 4.78 is 0. The Morgan fingerprint density at radius 2 is 1.14 bits per heavy atom. The summed E-state index contributed by atoms with van der Waals surface area (Å²) in [4.78, 5) is 19.5. The third-order valence-electron chi connectivity index (χ3n) is 0.972. The summed E-state index contributed by atoms with van der Waals surface area (Å²) in [6.07, 6.45) is -4.53. The van der Waals surface area contributed by atoms with Gasteiger partial charge in [0.2, 0.25) is 0 Å². The van der Waals surface area contributed by atoms with Gasteiger partial charge in [0.1, 0.15) is 0 Å². The Bertz CT molecular complexity index is 165. The van der Waals surface area contributed by atoms with Gasteiger partial charge in [-0.1, -0.05) is 0 Å². The molecule has 8 N–H and O–H groups in total. The van der Waals surface area contributed by atoms with Crippen LogP contribution in [0, 0.1) is 0 Å². The monoisotopic (exact) mass is 210 g/mol. The number of carbonyl (C=O) groups is 2. The first kappa shape index (κ1) is 15.3. The van der Waals surface area contributed by atoms with Crippen molar-refractivity contribution in [3.8, 4) is 0 Å². The van der Waals surface area contributed by atoms with Crippen LogP contribution in [-0.4, -0.2) is 57.7 Å². The highest BCUT2D eigenvalue weighted by atomic mass is 16.4. The third-order valence-corrected chi connectivity index (χ3v) is 0.972. The lowest BCUT2D eigenvalue weighted by atomic mass is 10.2. The molecule has 0 rings (SSSR count). The van der Waals surface area contributed by atoms with Crippen LogP contribution in [0.1, 0.15) is 0 Å². The van der Waals surface area contributed by atoms with E-state index in [1.807, 2.05) is 0 Å². The van der Waals surface area contributed by atoms with Gasteiger partial charge in [-0.25, -0.2) is 9.59 Å². The lowest BCUT2D eigenvalue weighted by Crippen LogP contribution is -2.39. The molecule has 2 atom stereocenters. The maximum atomic E-state index is 9.77. The molecule has 8 heteroatoms. The molecule has 0 aromatic rings. The molecule has 0 aliphatic heterocycles. The quantitative estimate of drug-likeness (QED) is 0.281. The molecule has 0 aromatic carbocycles. The van der Waals surface area contributed by atoms with Crippen LogP contribution in [0.15, 0.2) is 0 Å². The Morgan fingerprint density at radius 1 is 0.929 bits per heavy atom. The molecule has 0 aliphatic carbocycles. The van der Waals surface area contributed by atoms with Crippen LogP contribution >= 0.6 is 0 Å². The molecule has 0 bridgehead atoms. The van der Waals surface area contributed by atoms with Crippen LogP contribution in [0.2, 0.25) is 0 Å². The standard InChI is InChI=1S/C4H6O6.C2H8N2/c5-1(3(7)8)2(6)4(9)10;3-1-2-4/h1-2,5-6H,(H,7,8)(H,9,10);1-4H2. The van der Waals surface area contributed by atoms with Crippen molar-refractivity contribution < 1.29 is 30.0 Å². The van der Waals surface area contributed by atoms with E-state index < -0.39 is 24.1 Å². The van der Waals surface area contributed by atoms with Gasteiger partial charge in [0.25, 0.3) is 0 Å². The van der Waals surface area contributed by atoms with Gasteiger partial charge in [-0.3, -0.25) is 0 Å². The number of aliphatic hydroxyl groups excluding tert-OH is 2. The Labute approximate surface area is 79.7 Å². The third kappa shape index (κ3) is 7.43. The predicted octanol–water partition coefficient (Wildman–Crippen LogP) is -3.22. The van der Waals surface area contributed by atoms with Crippen LogP contribution < -0.4 is 11.5 Å². The average Bonchev–Trinajstić information content (AvgIpc) is 2.15. The minimum Gasteiger partial charge on any atom is -0.479 e. The molecular formula is C6H14N2O6. The smallest absolute Gasteiger partial charge is 0.335 e. The van der Waals surface area contributed by atoms with Crippen molar-refractivity contribution >= 4 is 11.9 Å². The Morgan fingerprint density at radius 3 is 1.21 bits per heavy atom. The molecule has 0 heterocycles. The molecule has 2 unspecified atom stereocenters. The van der Waals surface area contributed by atoms with Crippen LogP contribution in [0.25, 0.3) is 0 Å². The van der Waals surface area contributed by atoms with Crippen molar-refractivity contribution in [2.75, 3.05) is 13.1 Å². The van der Waals surface area contributed by atoms with Gasteiger partial charge in [0.15, 0.2) is 12.2 Å². The predicted molar refractivity (Wildman–Crippen MR) is 45.4 cm³/mol. The summed E-state index contributed by atoms with van der Waals surface area (Å²) in [6, 6.07) is 0. The second kappa shape index (κ2) is 8.38. The van der Waals surface area contributed by atoms with Gasteiger partial charge >= 0.3 is 11.9 Å². The number of nitrogens with two attached hydrogens (primary N) is 2. The number of rotatable bonds is 4. The lowest BCUT2D eigenvalue weighted by Gasteiger charge is -2.07. The molecule has 0 fully saturated rings. The van der Waals surface area contributed by atoms with E-state index in [1.54, 1.807) is 0 Å². The van der Waals surface area contributed by atoms with E-state index in [2.05, 4.69) is 0 Å². The highest BCUT2D eigenvalue weighted by Gasteiger charge is 2.29. The van der Waals surface area contributed by atoms with E-state index in [-0.39, 0.29) is 0 Å². The normalized spacial score (nSPS) is 13.4. The van der Waals surface area contributed by atoms with Gasteiger partial charge in [-0.2, -0.15) is 0 Å². The molecule has 0 spiro atoms. The highest BCUT2D eigenvalue weighted by Crippen LogP contribution is 1.92. The first-order valence-electron chi connectivity index (χ1n) is 3.60. The van der Waals surface area contributed by atoms with Gasteiger partial charge < -0.3 is 31.9 Å². The van der Waals surface area contributed by atoms with E-state index >= 15 is 0 Å². The number of hydrogen-bond donors (Lipinski definition) is 6. The second-order valence-corrected chi connectivity index (χ2v) is 2.14. The molecule has 0 aromatic heterocycles. The van der Waals surface area contributed by atoms with Gasteiger partial charge in [0, 0.05) is 13.1 Å². The molecule has 0 aliphatic rings. The van der Waals surface area contributed by atoms with Crippen molar-refractivity contribution in [3.63, 3.8) is 0 Å². The number of aliphatic hydroxyl groups is 2. The number of aliphatic carboxylic acids is 2. The summed E-state index contributed by atoms with van der Waals surface area (Å²) in [6.45, 7) is 1.19. The summed E-state index contributed by atoms with van der Waals surface area (Å²) >= 11 is 0. The van der Waals surface area contributed by atoms with E-state index in [0.717, 1.165) is 0 Å².